The number of hydrogen-bond donors (Lipinski definition) is 2. The van der Waals surface area contributed by atoms with E-state index in [4.69, 9.17) is 0 Å². The number of rotatable bonds is 6. The lowest BCUT2D eigenvalue weighted by atomic mass is 10.0. The molecular formula is C17H22N4O3S. The quantitative estimate of drug-likeness (QED) is 0.810. The Labute approximate surface area is 147 Å². The first-order chi connectivity index (χ1) is 11.9. The van der Waals surface area contributed by atoms with Crippen LogP contribution in [0.1, 0.15) is 29.6 Å². The van der Waals surface area contributed by atoms with Crippen LogP contribution in [-0.2, 0) is 10.0 Å². The second-order valence-electron chi connectivity index (χ2n) is 6.41. The van der Waals surface area contributed by atoms with Gasteiger partial charge in [0, 0.05) is 36.2 Å². The molecule has 1 fully saturated rings. The second-order valence-corrected chi connectivity index (χ2v) is 8.24. The fraction of sp³-hybridized carbons (Fsp3) is 0.412. The van der Waals surface area contributed by atoms with E-state index in [1.54, 1.807) is 18.6 Å². The molecule has 25 heavy (non-hydrogen) atoms. The number of amides is 1. The number of nitrogens with zero attached hydrogens (tertiary/aromatic N) is 2. The van der Waals surface area contributed by atoms with E-state index in [0.29, 0.717) is 12.1 Å². The molecule has 0 spiro atoms. The van der Waals surface area contributed by atoms with E-state index in [1.807, 2.05) is 29.0 Å². The van der Waals surface area contributed by atoms with Gasteiger partial charge in [-0.2, -0.15) is 0 Å². The summed E-state index contributed by atoms with van der Waals surface area (Å²) in [6.45, 7) is 0.360. The SMILES string of the molecule is CS(=O)(=O)NC[C@H]1CCC[C@H]1NC(=O)c1cccc(-n2ccnc2)c1. The van der Waals surface area contributed by atoms with Gasteiger partial charge in [-0.05, 0) is 37.0 Å². The molecule has 3 rings (SSSR count). The molecule has 2 N–H and O–H groups in total. The van der Waals surface area contributed by atoms with Crippen LogP contribution in [0.5, 0.6) is 0 Å². The maximum atomic E-state index is 12.6. The van der Waals surface area contributed by atoms with E-state index in [-0.39, 0.29) is 17.9 Å². The Morgan fingerprint density at radius 2 is 2.20 bits per heavy atom. The highest BCUT2D eigenvalue weighted by molar-refractivity contribution is 7.88. The van der Waals surface area contributed by atoms with Crippen molar-refractivity contribution in [1.29, 1.82) is 0 Å². The van der Waals surface area contributed by atoms with Gasteiger partial charge in [0.05, 0.1) is 12.6 Å². The highest BCUT2D eigenvalue weighted by Crippen LogP contribution is 2.25. The highest BCUT2D eigenvalue weighted by atomic mass is 32.2. The number of sulfonamides is 1. The molecule has 134 valence electrons. The van der Waals surface area contributed by atoms with E-state index in [1.165, 1.54) is 0 Å². The highest BCUT2D eigenvalue weighted by Gasteiger charge is 2.29. The molecule has 0 bridgehead atoms. The molecule has 1 aliphatic rings. The van der Waals surface area contributed by atoms with Crippen LogP contribution in [0.2, 0.25) is 0 Å². The Balaban J connectivity index is 1.66. The minimum absolute atomic E-state index is 0.0151. The summed E-state index contributed by atoms with van der Waals surface area (Å²) in [5.74, 6) is -0.0197. The van der Waals surface area contributed by atoms with Crippen molar-refractivity contribution in [3.8, 4) is 5.69 Å². The topological polar surface area (TPSA) is 93.1 Å². The fourth-order valence-electron chi connectivity index (χ4n) is 3.20. The van der Waals surface area contributed by atoms with Crippen LogP contribution in [0.3, 0.4) is 0 Å². The van der Waals surface area contributed by atoms with Gasteiger partial charge in [-0.25, -0.2) is 18.1 Å². The molecule has 7 nitrogen and oxygen atoms in total. The van der Waals surface area contributed by atoms with Gasteiger partial charge in [-0.15, -0.1) is 0 Å². The van der Waals surface area contributed by atoms with E-state index < -0.39 is 10.0 Å². The van der Waals surface area contributed by atoms with Crippen molar-refractivity contribution < 1.29 is 13.2 Å². The third-order valence-electron chi connectivity index (χ3n) is 4.49. The van der Waals surface area contributed by atoms with E-state index in [0.717, 1.165) is 31.2 Å². The van der Waals surface area contributed by atoms with Gasteiger partial charge in [0.15, 0.2) is 0 Å². The average Bonchev–Trinajstić information content (AvgIpc) is 3.24. The first kappa shape index (κ1) is 17.6. The Morgan fingerprint density at radius 3 is 2.92 bits per heavy atom. The molecule has 0 unspecified atom stereocenters. The molecule has 0 radical (unpaired) electrons. The molecule has 2 aromatic rings. The van der Waals surface area contributed by atoms with Gasteiger partial charge in [0.2, 0.25) is 10.0 Å². The lowest BCUT2D eigenvalue weighted by Crippen LogP contribution is -2.41. The van der Waals surface area contributed by atoms with Crippen molar-refractivity contribution in [2.75, 3.05) is 12.8 Å². The zero-order chi connectivity index (χ0) is 17.9. The monoisotopic (exact) mass is 362 g/mol. The summed E-state index contributed by atoms with van der Waals surface area (Å²) in [4.78, 5) is 16.6. The van der Waals surface area contributed by atoms with Crippen molar-refractivity contribution in [2.45, 2.75) is 25.3 Å². The number of nitrogens with one attached hydrogen (secondary N) is 2. The molecule has 2 atom stereocenters. The number of carbonyl (C=O) groups is 1. The van der Waals surface area contributed by atoms with Gasteiger partial charge in [-0.3, -0.25) is 4.79 Å². The zero-order valence-corrected chi connectivity index (χ0v) is 14.9. The van der Waals surface area contributed by atoms with Crippen LogP contribution < -0.4 is 10.0 Å². The molecule has 0 saturated heterocycles. The Morgan fingerprint density at radius 1 is 1.36 bits per heavy atom. The van der Waals surface area contributed by atoms with Crippen molar-refractivity contribution in [3.63, 3.8) is 0 Å². The average molecular weight is 362 g/mol. The zero-order valence-electron chi connectivity index (χ0n) is 14.1. The number of aromatic nitrogens is 2. The largest absolute Gasteiger partial charge is 0.349 e. The van der Waals surface area contributed by atoms with Crippen LogP contribution in [-0.4, -0.2) is 42.7 Å². The second kappa shape index (κ2) is 7.37. The van der Waals surface area contributed by atoms with Gasteiger partial charge in [0.1, 0.15) is 0 Å². The molecule has 1 aromatic heterocycles. The van der Waals surface area contributed by atoms with Gasteiger partial charge >= 0.3 is 0 Å². The molecule has 1 aliphatic carbocycles. The maximum Gasteiger partial charge on any atom is 0.251 e. The number of hydrogen-bond acceptors (Lipinski definition) is 4. The predicted molar refractivity (Wildman–Crippen MR) is 95.0 cm³/mol. The molecule has 8 heteroatoms. The van der Waals surface area contributed by atoms with E-state index in [2.05, 4.69) is 15.0 Å². The van der Waals surface area contributed by atoms with Crippen LogP contribution in [0.4, 0.5) is 0 Å². The number of benzene rings is 1. The third kappa shape index (κ3) is 4.67. The minimum atomic E-state index is -3.22. The first-order valence-electron chi connectivity index (χ1n) is 8.26. The van der Waals surface area contributed by atoms with Crippen molar-refractivity contribution in [2.24, 2.45) is 5.92 Å². The molecule has 1 saturated carbocycles. The molecule has 1 aromatic carbocycles. The lowest BCUT2D eigenvalue weighted by Gasteiger charge is -2.21. The lowest BCUT2D eigenvalue weighted by molar-refractivity contribution is 0.0928. The van der Waals surface area contributed by atoms with Gasteiger partial charge in [0.25, 0.3) is 5.91 Å². The Kier molecular flexibility index (Phi) is 5.19. The summed E-state index contributed by atoms with van der Waals surface area (Å²) in [5, 5.41) is 3.06. The summed E-state index contributed by atoms with van der Waals surface area (Å²) in [6.07, 6.45) is 9.09. The first-order valence-corrected chi connectivity index (χ1v) is 10.2. The van der Waals surface area contributed by atoms with Gasteiger partial charge in [-0.1, -0.05) is 12.5 Å². The molecule has 1 amide bonds. The maximum absolute atomic E-state index is 12.6. The number of carbonyl (C=O) groups excluding carboxylic acids is 1. The predicted octanol–water partition coefficient (Wildman–Crippen LogP) is 1.32. The van der Waals surface area contributed by atoms with E-state index >= 15 is 0 Å². The number of imidazole rings is 1. The van der Waals surface area contributed by atoms with Crippen LogP contribution in [0.25, 0.3) is 5.69 Å². The molecule has 0 aliphatic heterocycles. The molecule has 1 heterocycles. The van der Waals surface area contributed by atoms with Crippen LogP contribution in [0.15, 0.2) is 43.0 Å². The van der Waals surface area contributed by atoms with Crippen molar-refractivity contribution in [3.05, 3.63) is 48.5 Å². The summed E-state index contributed by atoms with van der Waals surface area (Å²) in [6, 6.07) is 7.32. The van der Waals surface area contributed by atoms with Crippen molar-refractivity contribution in [1.82, 2.24) is 19.6 Å². The summed E-state index contributed by atoms with van der Waals surface area (Å²) in [5.41, 5.74) is 1.44. The van der Waals surface area contributed by atoms with Gasteiger partial charge < -0.3 is 9.88 Å². The standard InChI is InChI=1S/C17H22N4O3S/c1-25(23,24)19-11-14-5-3-7-16(14)20-17(22)13-4-2-6-15(10-13)21-9-8-18-12-21/h2,4,6,8-10,12,14,16,19H,3,5,7,11H2,1H3,(H,20,22)/t14-,16-/m1/s1. The Bertz CT molecular complexity index is 833. The smallest absolute Gasteiger partial charge is 0.251 e. The van der Waals surface area contributed by atoms with Crippen LogP contribution >= 0.6 is 0 Å². The van der Waals surface area contributed by atoms with E-state index in [9.17, 15) is 13.2 Å². The molecular weight excluding hydrogens is 340 g/mol. The van der Waals surface area contributed by atoms with Crippen molar-refractivity contribution >= 4 is 15.9 Å². The normalized spacial score (nSPS) is 20.5. The summed E-state index contributed by atoms with van der Waals surface area (Å²) >= 11 is 0. The fourth-order valence-corrected chi connectivity index (χ4v) is 3.72. The minimum Gasteiger partial charge on any atom is -0.349 e. The van der Waals surface area contributed by atoms with Crippen LogP contribution in [0, 0.1) is 5.92 Å². The summed E-state index contributed by atoms with van der Waals surface area (Å²) < 4.78 is 26.9. The Hall–Kier alpha value is -2.19. The third-order valence-corrected chi connectivity index (χ3v) is 5.19. The summed E-state index contributed by atoms with van der Waals surface area (Å²) in [7, 11) is -3.22.